The molecule has 1 aromatic carbocycles. The van der Waals surface area contributed by atoms with E-state index in [0.29, 0.717) is 18.0 Å². The first-order valence-corrected chi connectivity index (χ1v) is 7.78. The summed E-state index contributed by atoms with van der Waals surface area (Å²) in [6.45, 7) is 7.48. The summed E-state index contributed by atoms with van der Waals surface area (Å²) in [5, 5.41) is 3.00. The second kappa shape index (κ2) is 7.76. The van der Waals surface area contributed by atoms with E-state index in [4.69, 9.17) is 4.74 Å². The first kappa shape index (κ1) is 15.5. The van der Waals surface area contributed by atoms with Crippen molar-refractivity contribution in [2.24, 2.45) is 5.92 Å². The van der Waals surface area contributed by atoms with Crippen molar-refractivity contribution < 1.29 is 9.53 Å². The van der Waals surface area contributed by atoms with Gasteiger partial charge in [0.25, 0.3) is 5.91 Å². The van der Waals surface area contributed by atoms with Crippen molar-refractivity contribution in [1.82, 2.24) is 10.2 Å². The van der Waals surface area contributed by atoms with Crippen LogP contribution in [0.15, 0.2) is 28.7 Å². The number of nitrogens with zero attached hydrogens (tertiary/aromatic N) is 1. The number of carbonyl (C=O) groups excluding carboxylic acids is 1. The lowest BCUT2D eigenvalue weighted by atomic mass is 10.1. The van der Waals surface area contributed by atoms with E-state index in [-0.39, 0.29) is 5.91 Å². The van der Waals surface area contributed by atoms with Gasteiger partial charge in [0.2, 0.25) is 0 Å². The summed E-state index contributed by atoms with van der Waals surface area (Å²) >= 11 is 3.38. The van der Waals surface area contributed by atoms with Crippen molar-refractivity contribution in [1.29, 1.82) is 0 Å². The molecule has 1 fully saturated rings. The van der Waals surface area contributed by atoms with Crippen molar-refractivity contribution in [3.05, 3.63) is 34.3 Å². The lowest BCUT2D eigenvalue weighted by Gasteiger charge is -2.29. The van der Waals surface area contributed by atoms with Crippen LogP contribution in [0.2, 0.25) is 0 Å². The second-order valence-corrected chi connectivity index (χ2v) is 6.15. The molecule has 0 aromatic heterocycles. The number of ether oxygens (including phenoxy) is 1. The standard InChI is InChI=1S/C15H21BrN2O2/c1-12(11-18-5-7-20-8-6-18)10-17-15(19)13-3-2-4-14(16)9-13/h2-4,9,12H,5-8,10-11H2,1H3,(H,17,19). The van der Waals surface area contributed by atoms with Crippen molar-refractivity contribution in [2.45, 2.75) is 6.92 Å². The Balaban J connectivity index is 1.75. The van der Waals surface area contributed by atoms with Crippen LogP contribution in [0.5, 0.6) is 0 Å². The fourth-order valence-electron chi connectivity index (χ4n) is 2.29. The van der Waals surface area contributed by atoms with E-state index in [1.807, 2.05) is 24.3 Å². The topological polar surface area (TPSA) is 41.6 Å². The Morgan fingerprint density at radius 3 is 2.90 bits per heavy atom. The molecular weight excluding hydrogens is 320 g/mol. The van der Waals surface area contributed by atoms with Crippen molar-refractivity contribution in [3.8, 4) is 0 Å². The molecule has 1 amide bonds. The van der Waals surface area contributed by atoms with E-state index in [0.717, 1.165) is 37.3 Å². The fourth-order valence-corrected chi connectivity index (χ4v) is 2.69. The van der Waals surface area contributed by atoms with E-state index in [2.05, 4.69) is 33.1 Å². The molecule has 110 valence electrons. The molecule has 1 atom stereocenters. The third kappa shape index (κ3) is 4.89. The van der Waals surface area contributed by atoms with Gasteiger partial charge >= 0.3 is 0 Å². The molecule has 20 heavy (non-hydrogen) atoms. The first-order chi connectivity index (χ1) is 9.65. The lowest BCUT2D eigenvalue weighted by molar-refractivity contribution is 0.0317. The van der Waals surface area contributed by atoms with Crippen LogP contribution >= 0.6 is 15.9 Å². The Bertz CT molecular complexity index is 447. The Morgan fingerprint density at radius 2 is 2.20 bits per heavy atom. The van der Waals surface area contributed by atoms with E-state index in [1.165, 1.54) is 0 Å². The third-order valence-corrected chi connectivity index (χ3v) is 3.86. The number of hydrogen-bond donors (Lipinski definition) is 1. The maximum Gasteiger partial charge on any atom is 0.251 e. The molecule has 5 heteroatoms. The van der Waals surface area contributed by atoms with Gasteiger partial charge in [-0.15, -0.1) is 0 Å². The highest BCUT2D eigenvalue weighted by Crippen LogP contribution is 2.11. The number of rotatable bonds is 5. The zero-order valence-corrected chi connectivity index (χ0v) is 13.4. The summed E-state index contributed by atoms with van der Waals surface area (Å²) in [5.74, 6) is 0.421. The molecule has 1 unspecified atom stereocenters. The number of halogens is 1. The number of benzene rings is 1. The predicted octanol–water partition coefficient (Wildman–Crippen LogP) is 2.15. The normalized spacial score (nSPS) is 17.7. The second-order valence-electron chi connectivity index (χ2n) is 5.24. The Kier molecular flexibility index (Phi) is 6.01. The molecule has 1 saturated heterocycles. The molecule has 1 heterocycles. The molecule has 1 aliphatic heterocycles. The van der Waals surface area contributed by atoms with Gasteiger partial charge in [0.1, 0.15) is 0 Å². The quantitative estimate of drug-likeness (QED) is 0.892. The Hall–Kier alpha value is -0.910. The molecule has 4 nitrogen and oxygen atoms in total. The van der Waals surface area contributed by atoms with Gasteiger partial charge in [-0.2, -0.15) is 0 Å². The molecule has 0 aliphatic carbocycles. The van der Waals surface area contributed by atoms with E-state index in [1.54, 1.807) is 0 Å². The van der Waals surface area contributed by atoms with Crippen LogP contribution in [0.3, 0.4) is 0 Å². The van der Waals surface area contributed by atoms with Crippen molar-refractivity contribution >= 4 is 21.8 Å². The molecule has 1 N–H and O–H groups in total. The van der Waals surface area contributed by atoms with Gasteiger partial charge < -0.3 is 10.1 Å². The van der Waals surface area contributed by atoms with Gasteiger partial charge in [-0.3, -0.25) is 9.69 Å². The average Bonchev–Trinajstić information content (AvgIpc) is 2.46. The Labute approximate surface area is 128 Å². The molecule has 1 aliphatic rings. The number of morpholine rings is 1. The molecule has 0 saturated carbocycles. The summed E-state index contributed by atoms with van der Waals surface area (Å²) in [6, 6.07) is 7.45. The van der Waals surface area contributed by atoms with Crippen LogP contribution in [-0.2, 0) is 4.74 Å². The largest absolute Gasteiger partial charge is 0.379 e. The summed E-state index contributed by atoms with van der Waals surface area (Å²) < 4.78 is 6.26. The van der Waals surface area contributed by atoms with E-state index < -0.39 is 0 Å². The Morgan fingerprint density at radius 1 is 1.45 bits per heavy atom. The highest BCUT2D eigenvalue weighted by Gasteiger charge is 2.14. The molecule has 0 bridgehead atoms. The number of carbonyl (C=O) groups is 1. The van der Waals surface area contributed by atoms with Gasteiger partial charge in [-0.05, 0) is 24.1 Å². The number of nitrogens with one attached hydrogen (secondary N) is 1. The SMILES string of the molecule is CC(CNC(=O)c1cccc(Br)c1)CN1CCOCC1. The van der Waals surface area contributed by atoms with Gasteiger partial charge in [-0.25, -0.2) is 0 Å². The highest BCUT2D eigenvalue weighted by molar-refractivity contribution is 9.10. The third-order valence-electron chi connectivity index (χ3n) is 3.37. The molecule has 1 aromatic rings. The molecular formula is C15H21BrN2O2. The van der Waals surface area contributed by atoms with E-state index >= 15 is 0 Å². The van der Waals surface area contributed by atoms with E-state index in [9.17, 15) is 4.79 Å². The van der Waals surface area contributed by atoms with Crippen LogP contribution in [0.25, 0.3) is 0 Å². The van der Waals surface area contributed by atoms with Crippen molar-refractivity contribution in [3.63, 3.8) is 0 Å². The van der Waals surface area contributed by atoms with Crippen molar-refractivity contribution in [2.75, 3.05) is 39.4 Å². The van der Waals surface area contributed by atoms with Gasteiger partial charge in [0.15, 0.2) is 0 Å². The lowest BCUT2D eigenvalue weighted by Crippen LogP contribution is -2.41. The summed E-state index contributed by atoms with van der Waals surface area (Å²) in [6.07, 6.45) is 0. The number of hydrogen-bond acceptors (Lipinski definition) is 3. The maximum atomic E-state index is 12.0. The van der Waals surface area contributed by atoms with Gasteiger partial charge in [0, 0.05) is 36.2 Å². The minimum Gasteiger partial charge on any atom is -0.379 e. The molecule has 0 radical (unpaired) electrons. The summed E-state index contributed by atoms with van der Waals surface area (Å²) in [5.41, 5.74) is 0.693. The number of amides is 1. The van der Waals surface area contributed by atoms with Crippen LogP contribution < -0.4 is 5.32 Å². The highest BCUT2D eigenvalue weighted by atomic mass is 79.9. The van der Waals surface area contributed by atoms with Crippen LogP contribution in [0.1, 0.15) is 17.3 Å². The zero-order chi connectivity index (χ0) is 14.4. The van der Waals surface area contributed by atoms with Gasteiger partial charge in [-0.1, -0.05) is 28.9 Å². The van der Waals surface area contributed by atoms with Crippen LogP contribution in [0, 0.1) is 5.92 Å². The monoisotopic (exact) mass is 340 g/mol. The zero-order valence-electron chi connectivity index (χ0n) is 11.8. The average molecular weight is 341 g/mol. The molecule has 0 spiro atoms. The smallest absolute Gasteiger partial charge is 0.251 e. The summed E-state index contributed by atoms with van der Waals surface area (Å²) in [4.78, 5) is 14.4. The summed E-state index contributed by atoms with van der Waals surface area (Å²) in [7, 11) is 0. The minimum absolute atomic E-state index is 0.0138. The first-order valence-electron chi connectivity index (χ1n) is 6.99. The van der Waals surface area contributed by atoms with Crippen LogP contribution in [-0.4, -0.2) is 50.2 Å². The predicted molar refractivity (Wildman–Crippen MR) is 82.9 cm³/mol. The van der Waals surface area contributed by atoms with Crippen LogP contribution in [0.4, 0.5) is 0 Å². The maximum absolute atomic E-state index is 12.0. The fraction of sp³-hybridized carbons (Fsp3) is 0.533. The minimum atomic E-state index is -0.0138. The molecule has 2 rings (SSSR count). The van der Waals surface area contributed by atoms with Gasteiger partial charge in [0.05, 0.1) is 13.2 Å².